The summed E-state index contributed by atoms with van der Waals surface area (Å²) in [7, 11) is 0. The molecule has 102 valence electrons. The van der Waals surface area contributed by atoms with Crippen LogP contribution >= 0.6 is 11.3 Å². The standard InChI is InChI=1S/C15H25NOS/c1-14(2,3)12-4-6-15(11-17,7-5-12)10-13-16-8-9-18-13/h8-9,12,17H,4-7,10-11H2,1-3H3. The van der Waals surface area contributed by atoms with Crippen molar-refractivity contribution in [3.63, 3.8) is 0 Å². The first-order chi connectivity index (χ1) is 8.45. The number of aliphatic hydroxyl groups excluding tert-OH is 1. The Morgan fingerprint density at radius 3 is 2.50 bits per heavy atom. The lowest BCUT2D eigenvalue weighted by Crippen LogP contribution is -2.36. The fraction of sp³-hybridized carbons (Fsp3) is 0.800. The van der Waals surface area contributed by atoms with Gasteiger partial charge in [0.05, 0.1) is 5.01 Å². The van der Waals surface area contributed by atoms with Crippen molar-refractivity contribution >= 4 is 11.3 Å². The highest BCUT2D eigenvalue weighted by atomic mass is 32.1. The van der Waals surface area contributed by atoms with E-state index in [0.29, 0.717) is 12.0 Å². The molecule has 1 saturated carbocycles. The second-order valence-corrected chi connectivity index (χ2v) is 7.88. The zero-order valence-corrected chi connectivity index (χ0v) is 12.6. The number of hydrogen-bond acceptors (Lipinski definition) is 3. The van der Waals surface area contributed by atoms with Crippen molar-refractivity contribution in [2.75, 3.05) is 6.61 Å². The molecular weight excluding hydrogens is 242 g/mol. The van der Waals surface area contributed by atoms with Crippen LogP contribution in [0.2, 0.25) is 0 Å². The maximum Gasteiger partial charge on any atom is 0.0931 e. The molecule has 1 heterocycles. The SMILES string of the molecule is CC(C)(C)C1CCC(CO)(Cc2nccs2)CC1. The summed E-state index contributed by atoms with van der Waals surface area (Å²) in [6.45, 7) is 7.32. The maximum absolute atomic E-state index is 9.81. The van der Waals surface area contributed by atoms with Gasteiger partial charge in [-0.2, -0.15) is 0 Å². The van der Waals surface area contributed by atoms with Crippen LogP contribution in [0.1, 0.15) is 51.5 Å². The summed E-state index contributed by atoms with van der Waals surface area (Å²) in [6, 6.07) is 0. The molecule has 2 rings (SSSR count). The molecule has 0 saturated heterocycles. The Bertz CT molecular complexity index is 358. The van der Waals surface area contributed by atoms with Gasteiger partial charge in [0.15, 0.2) is 0 Å². The van der Waals surface area contributed by atoms with Gasteiger partial charge in [-0.15, -0.1) is 11.3 Å². The summed E-state index contributed by atoms with van der Waals surface area (Å²) in [5.74, 6) is 0.800. The van der Waals surface area contributed by atoms with Crippen LogP contribution in [0.4, 0.5) is 0 Å². The summed E-state index contributed by atoms with van der Waals surface area (Å²) >= 11 is 1.71. The summed E-state index contributed by atoms with van der Waals surface area (Å²) < 4.78 is 0. The molecule has 1 fully saturated rings. The minimum absolute atomic E-state index is 0.0968. The molecule has 0 aromatic carbocycles. The lowest BCUT2D eigenvalue weighted by atomic mass is 9.63. The fourth-order valence-electron chi connectivity index (χ4n) is 3.15. The Morgan fingerprint density at radius 1 is 1.39 bits per heavy atom. The number of aliphatic hydroxyl groups is 1. The summed E-state index contributed by atoms with van der Waals surface area (Å²) in [5, 5.41) is 13.0. The van der Waals surface area contributed by atoms with E-state index in [9.17, 15) is 5.11 Å². The van der Waals surface area contributed by atoms with Crippen LogP contribution in [0, 0.1) is 16.7 Å². The van der Waals surface area contributed by atoms with Gasteiger partial charge < -0.3 is 5.11 Å². The van der Waals surface area contributed by atoms with Gasteiger partial charge in [0.2, 0.25) is 0 Å². The number of hydrogen-bond donors (Lipinski definition) is 1. The molecule has 0 aliphatic heterocycles. The molecule has 2 nitrogen and oxygen atoms in total. The van der Waals surface area contributed by atoms with Crippen LogP contribution in [0.5, 0.6) is 0 Å². The van der Waals surface area contributed by atoms with Crippen molar-refractivity contribution in [2.45, 2.75) is 52.9 Å². The van der Waals surface area contributed by atoms with E-state index in [0.717, 1.165) is 25.2 Å². The normalized spacial score (nSPS) is 29.4. The zero-order valence-electron chi connectivity index (χ0n) is 11.8. The second kappa shape index (κ2) is 5.30. The van der Waals surface area contributed by atoms with Crippen molar-refractivity contribution in [1.29, 1.82) is 0 Å². The summed E-state index contributed by atoms with van der Waals surface area (Å²) in [4.78, 5) is 4.38. The smallest absolute Gasteiger partial charge is 0.0931 e. The van der Waals surface area contributed by atoms with Gasteiger partial charge in [0.1, 0.15) is 0 Å². The van der Waals surface area contributed by atoms with Gasteiger partial charge >= 0.3 is 0 Å². The molecule has 1 aliphatic carbocycles. The first kappa shape index (κ1) is 14.0. The van der Waals surface area contributed by atoms with Crippen molar-refractivity contribution < 1.29 is 5.11 Å². The Kier molecular flexibility index (Phi) is 4.12. The highest BCUT2D eigenvalue weighted by Gasteiger charge is 2.38. The van der Waals surface area contributed by atoms with Crippen molar-refractivity contribution in [3.8, 4) is 0 Å². The van der Waals surface area contributed by atoms with Crippen LogP contribution in [0.25, 0.3) is 0 Å². The van der Waals surface area contributed by atoms with E-state index in [-0.39, 0.29) is 5.41 Å². The molecule has 1 aromatic heterocycles. The van der Waals surface area contributed by atoms with E-state index in [1.54, 1.807) is 11.3 Å². The molecule has 0 atom stereocenters. The van der Waals surface area contributed by atoms with E-state index < -0.39 is 0 Å². The molecule has 1 aliphatic rings. The second-order valence-electron chi connectivity index (χ2n) is 6.90. The van der Waals surface area contributed by atoms with Crippen LogP contribution in [0.3, 0.4) is 0 Å². The number of rotatable bonds is 3. The van der Waals surface area contributed by atoms with Gasteiger partial charge in [-0.05, 0) is 42.4 Å². The van der Waals surface area contributed by atoms with Gasteiger partial charge in [-0.3, -0.25) is 0 Å². The third-order valence-corrected chi connectivity index (χ3v) is 5.40. The molecular formula is C15H25NOS. The van der Waals surface area contributed by atoms with E-state index in [4.69, 9.17) is 0 Å². The molecule has 0 radical (unpaired) electrons. The number of aromatic nitrogens is 1. The third kappa shape index (κ3) is 3.12. The van der Waals surface area contributed by atoms with Gasteiger partial charge in [-0.25, -0.2) is 4.98 Å². The Balaban J connectivity index is 2.00. The Labute approximate surface area is 114 Å². The quantitative estimate of drug-likeness (QED) is 0.901. The molecule has 0 spiro atoms. The van der Waals surface area contributed by atoms with Crippen molar-refractivity contribution in [2.24, 2.45) is 16.7 Å². The molecule has 0 unspecified atom stereocenters. The highest BCUT2D eigenvalue weighted by Crippen LogP contribution is 2.46. The molecule has 1 aromatic rings. The van der Waals surface area contributed by atoms with E-state index in [1.165, 1.54) is 17.8 Å². The topological polar surface area (TPSA) is 33.1 Å². The Hall–Kier alpha value is -0.410. The lowest BCUT2D eigenvalue weighted by Gasteiger charge is -2.43. The van der Waals surface area contributed by atoms with E-state index >= 15 is 0 Å². The molecule has 1 N–H and O–H groups in total. The first-order valence-electron chi connectivity index (χ1n) is 6.94. The molecule has 3 heteroatoms. The zero-order chi connectivity index (χ0) is 13.2. The van der Waals surface area contributed by atoms with Gasteiger partial charge in [0, 0.05) is 24.6 Å². The maximum atomic E-state index is 9.81. The van der Waals surface area contributed by atoms with E-state index in [1.807, 2.05) is 11.6 Å². The monoisotopic (exact) mass is 267 g/mol. The number of nitrogens with zero attached hydrogens (tertiary/aromatic N) is 1. The predicted octanol–water partition coefficient (Wildman–Crippen LogP) is 3.90. The first-order valence-corrected chi connectivity index (χ1v) is 7.82. The largest absolute Gasteiger partial charge is 0.396 e. The lowest BCUT2D eigenvalue weighted by molar-refractivity contribution is 0.0369. The average Bonchev–Trinajstić information content (AvgIpc) is 2.81. The van der Waals surface area contributed by atoms with Crippen LogP contribution < -0.4 is 0 Å². The van der Waals surface area contributed by atoms with Gasteiger partial charge in [0.25, 0.3) is 0 Å². The molecule has 18 heavy (non-hydrogen) atoms. The minimum Gasteiger partial charge on any atom is -0.396 e. The van der Waals surface area contributed by atoms with Gasteiger partial charge in [-0.1, -0.05) is 20.8 Å². The fourth-order valence-corrected chi connectivity index (χ4v) is 3.94. The van der Waals surface area contributed by atoms with Crippen LogP contribution in [0.15, 0.2) is 11.6 Å². The predicted molar refractivity (Wildman–Crippen MR) is 76.7 cm³/mol. The van der Waals surface area contributed by atoms with Crippen LogP contribution in [-0.2, 0) is 6.42 Å². The average molecular weight is 267 g/mol. The summed E-state index contributed by atoms with van der Waals surface area (Å²) in [5.41, 5.74) is 0.502. The van der Waals surface area contributed by atoms with Crippen LogP contribution in [-0.4, -0.2) is 16.7 Å². The highest BCUT2D eigenvalue weighted by molar-refractivity contribution is 7.09. The molecule has 0 amide bonds. The molecule has 0 bridgehead atoms. The minimum atomic E-state index is 0.0968. The van der Waals surface area contributed by atoms with Crippen molar-refractivity contribution in [1.82, 2.24) is 4.98 Å². The van der Waals surface area contributed by atoms with E-state index in [2.05, 4.69) is 25.8 Å². The van der Waals surface area contributed by atoms with Crippen molar-refractivity contribution in [3.05, 3.63) is 16.6 Å². The Morgan fingerprint density at radius 2 is 2.06 bits per heavy atom. The third-order valence-electron chi connectivity index (χ3n) is 4.62. The summed E-state index contributed by atoms with van der Waals surface area (Å²) in [6.07, 6.45) is 7.60. The number of thiazole rings is 1.